The maximum atomic E-state index is 3.84. The Morgan fingerprint density at radius 1 is 1.11 bits per heavy atom. The molecule has 0 heterocycles. The molecule has 106 valence electrons. The molecule has 0 spiro atoms. The molecule has 19 heavy (non-hydrogen) atoms. The van der Waals surface area contributed by atoms with Crippen molar-refractivity contribution in [2.24, 2.45) is 5.92 Å². The minimum absolute atomic E-state index is 0.480. The van der Waals surface area contributed by atoms with Crippen molar-refractivity contribution in [1.29, 1.82) is 0 Å². The Balaban J connectivity index is 1.83. The average Bonchev–Trinajstić information content (AvgIpc) is 2.66. The molecular weight excluding hydrogens is 230 g/mol. The number of hydrogen-bond donors (Lipinski definition) is 1. The summed E-state index contributed by atoms with van der Waals surface area (Å²) in [6.45, 7) is 4.61. The summed E-state index contributed by atoms with van der Waals surface area (Å²) < 4.78 is 0. The van der Waals surface area contributed by atoms with Gasteiger partial charge in [-0.25, -0.2) is 0 Å². The van der Waals surface area contributed by atoms with Gasteiger partial charge in [0.25, 0.3) is 0 Å². The lowest BCUT2D eigenvalue weighted by atomic mass is 9.95. The molecule has 0 aliphatic heterocycles. The topological polar surface area (TPSA) is 12.0 Å². The molecule has 1 aliphatic rings. The molecule has 0 saturated heterocycles. The average molecular weight is 259 g/mol. The van der Waals surface area contributed by atoms with Crippen molar-refractivity contribution in [3.63, 3.8) is 0 Å². The fourth-order valence-electron chi connectivity index (χ4n) is 3.43. The molecule has 1 aliphatic carbocycles. The fraction of sp³-hybridized carbons (Fsp3) is 0.667. The summed E-state index contributed by atoms with van der Waals surface area (Å²) in [7, 11) is 0. The number of hydrogen-bond acceptors (Lipinski definition) is 1. The molecule has 2 rings (SSSR count). The largest absolute Gasteiger partial charge is 0.307 e. The van der Waals surface area contributed by atoms with Crippen LogP contribution in [-0.4, -0.2) is 6.04 Å². The van der Waals surface area contributed by atoms with E-state index in [1.807, 2.05) is 0 Å². The molecule has 0 amide bonds. The SMILES string of the molecule is CCCC1CCCC(N[C@H](C)c2ccccc2)CC1. The van der Waals surface area contributed by atoms with Gasteiger partial charge in [0, 0.05) is 12.1 Å². The summed E-state index contributed by atoms with van der Waals surface area (Å²) in [6.07, 6.45) is 9.78. The van der Waals surface area contributed by atoms with Gasteiger partial charge in [-0.05, 0) is 37.7 Å². The lowest BCUT2D eigenvalue weighted by Crippen LogP contribution is -2.31. The van der Waals surface area contributed by atoms with Gasteiger partial charge in [-0.1, -0.05) is 62.9 Å². The van der Waals surface area contributed by atoms with Crippen molar-refractivity contribution in [3.05, 3.63) is 35.9 Å². The van der Waals surface area contributed by atoms with E-state index in [-0.39, 0.29) is 0 Å². The second-order valence-corrected chi connectivity index (χ2v) is 6.16. The van der Waals surface area contributed by atoms with Crippen molar-refractivity contribution >= 4 is 0 Å². The van der Waals surface area contributed by atoms with Gasteiger partial charge in [-0.15, -0.1) is 0 Å². The van der Waals surface area contributed by atoms with E-state index < -0.39 is 0 Å². The first-order valence-corrected chi connectivity index (χ1v) is 8.10. The van der Waals surface area contributed by atoms with Gasteiger partial charge in [0.05, 0.1) is 0 Å². The van der Waals surface area contributed by atoms with E-state index in [1.54, 1.807) is 0 Å². The number of nitrogens with one attached hydrogen (secondary N) is 1. The quantitative estimate of drug-likeness (QED) is 0.727. The zero-order chi connectivity index (χ0) is 13.5. The zero-order valence-electron chi connectivity index (χ0n) is 12.6. The molecule has 3 atom stereocenters. The van der Waals surface area contributed by atoms with Gasteiger partial charge in [0.1, 0.15) is 0 Å². The predicted molar refractivity (Wildman–Crippen MR) is 83.3 cm³/mol. The van der Waals surface area contributed by atoms with Crippen molar-refractivity contribution in [2.75, 3.05) is 0 Å². The van der Waals surface area contributed by atoms with Crippen LogP contribution in [0.4, 0.5) is 0 Å². The Labute approximate surface area is 118 Å². The van der Waals surface area contributed by atoms with Gasteiger partial charge >= 0.3 is 0 Å². The Morgan fingerprint density at radius 2 is 1.89 bits per heavy atom. The smallest absolute Gasteiger partial charge is 0.0294 e. The van der Waals surface area contributed by atoms with Gasteiger partial charge < -0.3 is 5.32 Å². The fourth-order valence-corrected chi connectivity index (χ4v) is 3.43. The summed E-state index contributed by atoms with van der Waals surface area (Å²) in [6, 6.07) is 12.0. The van der Waals surface area contributed by atoms with Crippen LogP contribution in [0.25, 0.3) is 0 Å². The predicted octanol–water partition coefficient (Wildman–Crippen LogP) is 5.09. The zero-order valence-corrected chi connectivity index (χ0v) is 12.6. The van der Waals surface area contributed by atoms with Crippen LogP contribution in [0.5, 0.6) is 0 Å². The van der Waals surface area contributed by atoms with E-state index in [1.165, 1.54) is 50.5 Å². The molecule has 0 aromatic heterocycles. The maximum Gasteiger partial charge on any atom is 0.0294 e. The van der Waals surface area contributed by atoms with E-state index in [2.05, 4.69) is 49.5 Å². The van der Waals surface area contributed by atoms with Crippen LogP contribution >= 0.6 is 0 Å². The van der Waals surface area contributed by atoms with Crippen LogP contribution in [0.2, 0.25) is 0 Å². The minimum atomic E-state index is 0.480. The van der Waals surface area contributed by atoms with Crippen molar-refractivity contribution in [2.45, 2.75) is 70.9 Å². The van der Waals surface area contributed by atoms with Crippen molar-refractivity contribution in [1.82, 2.24) is 5.32 Å². The second kappa shape index (κ2) is 7.69. The first kappa shape index (κ1) is 14.6. The highest BCUT2D eigenvalue weighted by atomic mass is 14.9. The van der Waals surface area contributed by atoms with Crippen molar-refractivity contribution < 1.29 is 0 Å². The second-order valence-electron chi connectivity index (χ2n) is 6.16. The number of benzene rings is 1. The standard InChI is InChI=1S/C18H29N/c1-3-8-16-9-7-12-18(14-13-16)19-15(2)17-10-5-4-6-11-17/h4-6,10-11,15-16,18-19H,3,7-9,12-14H2,1-2H3/t15-,16?,18?/m1/s1. The Kier molecular flexibility index (Phi) is 5.91. The summed E-state index contributed by atoms with van der Waals surface area (Å²) >= 11 is 0. The molecule has 1 nitrogen and oxygen atoms in total. The van der Waals surface area contributed by atoms with Gasteiger partial charge in [0.15, 0.2) is 0 Å². The summed E-state index contributed by atoms with van der Waals surface area (Å²) in [5, 5.41) is 3.84. The molecule has 0 radical (unpaired) electrons. The maximum absolute atomic E-state index is 3.84. The molecule has 1 fully saturated rings. The summed E-state index contributed by atoms with van der Waals surface area (Å²) in [5.74, 6) is 0.990. The van der Waals surface area contributed by atoms with Gasteiger partial charge in [-0.2, -0.15) is 0 Å². The summed E-state index contributed by atoms with van der Waals surface area (Å²) in [5.41, 5.74) is 1.41. The first-order chi connectivity index (χ1) is 9.29. The first-order valence-electron chi connectivity index (χ1n) is 8.10. The van der Waals surface area contributed by atoms with Crippen LogP contribution in [0.15, 0.2) is 30.3 Å². The van der Waals surface area contributed by atoms with E-state index in [4.69, 9.17) is 0 Å². The molecule has 1 aromatic carbocycles. The monoisotopic (exact) mass is 259 g/mol. The molecule has 1 heteroatoms. The molecule has 0 bridgehead atoms. The lowest BCUT2D eigenvalue weighted by Gasteiger charge is -2.22. The van der Waals surface area contributed by atoms with E-state index in [9.17, 15) is 0 Å². The Bertz CT molecular complexity index is 346. The third kappa shape index (κ3) is 4.65. The highest BCUT2D eigenvalue weighted by Gasteiger charge is 2.19. The third-order valence-electron chi connectivity index (χ3n) is 4.57. The Morgan fingerprint density at radius 3 is 2.63 bits per heavy atom. The molecule has 1 aromatic rings. The number of rotatable bonds is 5. The summed E-state index contributed by atoms with van der Waals surface area (Å²) in [4.78, 5) is 0. The van der Waals surface area contributed by atoms with Crippen LogP contribution in [0.1, 0.15) is 70.4 Å². The van der Waals surface area contributed by atoms with Gasteiger partial charge in [0.2, 0.25) is 0 Å². The van der Waals surface area contributed by atoms with E-state index in [0.29, 0.717) is 6.04 Å². The van der Waals surface area contributed by atoms with E-state index >= 15 is 0 Å². The molecular formula is C18H29N. The van der Waals surface area contributed by atoms with Crippen LogP contribution in [-0.2, 0) is 0 Å². The van der Waals surface area contributed by atoms with Crippen LogP contribution in [0, 0.1) is 5.92 Å². The third-order valence-corrected chi connectivity index (χ3v) is 4.57. The van der Waals surface area contributed by atoms with Crippen LogP contribution in [0.3, 0.4) is 0 Å². The molecule has 1 N–H and O–H groups in total. The lowest BCUT2D eigenvalue weighted by molar-refractivity contribution is 0.393. The molecule has 2 unspecified atom stereocenters. The Hall–Kier alpha value is -0.820. The molecule has 1 saturated carbocycles. The van der Waals surface area contributed by atoms with Crippen molar-refractivity contribution in [3.8, 4) is 0 Å². The van der Waals surface area contributed by atoms with Gasteiger partial charge in [-0.3, -0.25) is 0 Å². The highest BCUT2D eigenvalue weighted by Crippen LogP contribution is 2.27. The minimum Gasteiger partial charge on any atom is -0.307 e. The highest BCUT2D eigenvalue weighted by molar-refractivity contribution is 5.18. The van der Waals surface area contributed by atoms with Crippen LogP contribution < -0.4 is 5.32 Å². The normalized spacial score (nSPS) is 25.8. The van der Waals surface area contributed by atoms with E-state index in [0.717, 1.165) is 12.0 Å².